The van der Waals surface area contributed by atoms with Crippen molar-refractivity contribution in [3.63, 3.8) is 0 Å². The number of hydrogen-bond acceptors (Lipinski definition) is 7. The fourth-order valence-electron chi connectivity index (χ4n) is 2.72. The average molecular weight is 348 g/mol. The number of ketones is 1. The number of hydrogen-bond donors (Lipinski definition) is 0. The molecule has 0 fully saturated rings. The first-order chi connectivity index (χ1) is 11.8. The number of ether oxygens (including phenoxy) is 3. The highest BCUT2D eigenvalue weighted by Crippen LogP contribution is 2.32. The van der Waals surface area contributed by atoms with Crippen LogP contribution in [-0.2, 0) is 25.5 Å². The summed E-state index contributed by atoms with van der Waals surface area (Å²) in [5.41, 5.74) is 0.455. The van der Waals surface area contributed by atoms with E-state index in [-0.39, 0.29) is 41.8 Å². The van der Waals surface area contributed by atoms with E-state index in [0.717, 1.165) is 0 Å². The van der Waals surface area contributed by atoms with Gasteiger partial charge in [0.15, 0.2) is 5.78 Å². The Labute approximate surface area is 145 Å². The van der Waals surface area contributed by atoms with Crippen molar-refractivity contribution in [2.24, 2.45) is 0 Å². The second kappa shape index (κ2) is 7.92. The number of carbonyl (C=O) groups is 4. The molecule has 2 rings (SSSR count). The van der Waals surface area contributed by atoms with Crippen molar-refractivity contribution in [3.8, 4) is 11.5 Å². The summed E-state index contributed by atoms with van der Waals surface area (Å²) in [6, 6.07) is 2.73. The minimum absolute atomic E-state index is 0.0207. The molecule has 0 amide bonds. The van der Waals surface area contributed by atoms with Crippen LogP contribution in [0.1, 0.15) is 56.0 Å². The van der Waals surface area contributed by atoms with Gasteiger partial charge in [0.25, 0.3) is 0 Å². The van der Waals surface area contributed by atoms with Gasteiger partial charge >= 0.3 is 17.9 Å². The summed E-state index contributed by atoms with van der Waals surface area (Å²) >= 11 is 0. The Morgan fingerprint density at radius 1 is 1.12 bits per heavy atom. The summed E-state index contributed by atoms with van der Waals surface area (Å²) in [6.45, 7) is 4.19. The second-order valence-corrected chi connectivity index (χ2v) is 5.94. The molecule has 0 aromatic heterocycles. The minimum Gasteiger partial charge on any atom is -0.462 e. The number of carbonyl (C=O) groups excluding carboxylic acids is 4. The molecule has 0 aliphatic carbocycles. The molecule has 7 nitrogen and oxygen atoms in total. The minimum atomic E-state index is -0.622. The Kier molecular flexibility index (Phi) is 5.90. The van der Waals surface area contributed by atoms with Gasteiger partial charge < -0.3 is 14.2 Å². The van der Waals surface area contributed by atoms with Gasteiger partial charge in [-0.1, -0.05) is 0 Å². The molecule has 0 bridgehead atoms. The van der Waals surface area contributed by atoms with Crippen LogP contribution in [0.5, 0.6) is 11.5 Å². The Morgan fingerprint density at radius 3 is 2.44 bits per heavy atom. The van der Waals surface area contributed by atoms with E-state index in [9.17, 15) is 19.2 Å². The van der Waals surface area contributed by atoms with Crippen molar-refractivity contribution >= 4 is 23.7 Å². The third kappa shape index (κ3) is 5.14. The van der Waals surface area contributed by atoms with Crippen LogP contribution >= 0.6 is 0 Å². The largest absolute Gasteiger partial charge is 0.462 e. The van der Waals surface area contributed by atoms with E-state index >= 15 is 0 Å². The van der Waals surface area contributed by atoms with Crippen LogP contribution in [-0.4, -0.2) is 29.8 Å². The van der Waals surface area contributed by atoms with Crippen molar-refractivity contribution in [2.45, 2.75) is 52.6 Å². The Hall–Kier alpha value is -2.70. The molecular weight excluding hydrogens is 328 g/mol. The van der Waals surface area contributed by atoms with Gasteiger partial charge in [0.05, 0.1) is 18.1 Å². The summed E-state index contributed by atoms with van der Waals surface area (Å²) in [4.78, 5) is 47.3. The SMILES string of the molecule is CC(=O)Oc1cc2c(c(OC(C)=O)c1)C(=O)CCCC(C)OC(=O)C2. The molecule has 1 aromatic carbocycles. The molecule has 0 saturated carbocycles. The van der Waals surface area contributed by atoms with E-state index in [1.54, 1.807) is 6.92 Å². The molecule has 1 unspecified atom stereocenters. The number of cyclic esters (lactones) is 1. The van der Waals surface area contributed by atoms with Crippen LogP contribution in [0, 0.1) is 0 Å². The van der Waals surface area contributed by atoms with Gasteiger partial charge in [-0.05, 0) is 31.4 Å². The lowest BCUT2D eigenvalue weighted by molar-refractivity contribution is -0.147. The van der Waals surface area contributed by atoms with Crippen molar-refractivity contribution < 1.29 is 33.4 Å². The van der Waals surface area contributed by atoms with E-state index < -0.39 is 17.9 Å². The van der Waals surface area contributed by atoms with Crippen molar-refractivity contribution in [1.29, 1.82) is 0 Å². The topological polar surface area (TPSA) is 96.0 Å². The fraction of sp³-hybridized carbons (Fsp3) is 0.444. The molecular formula is C18H20O7. The molecule has 1 aromatic rings. The van der Waals surface area contributed by atoms with Gasteiger partial charge in [-0.25, -0.2) is 0 Å². The first-order valence-electron chi connectivity index (χ1n) is 8.02. The lowest BCUT2D eigenvalue weighted by atomic mass is 9.95. The van der Waals surface area contributed by atoms with Gasteiger partial charge in [-0.15, -0.1) is 0 Å². The van der Waals surface area contributed by atoms with E-state index in [2.05, 4.69) is 0 Å². The van der Waals surface area contributed by atoms with Crippen molar-refractivity contribution in [3.05, 3.63) is 23.3 Å². The summed E-state index contributed by atoms with van der Waals surface area (Å²) in [5, 5.41) is 0. The Bertz CT molecular complexity index is 720. The highest BCUT2D eigenvalue weighted by atomic mass is 16.5. The van der Waals surface area contributed by atoms with Crippen LogP contribution in [0.15, 0.2) is 12.1 Å². The predicted octanol–water partition coefficient (Wildman–Crippen LogP) is 2.38. The van der Waals surface area contributed by atoms with E-state index in [1.807, 2.05) is 0 Å². The highest BCUT2D eigenvalue weighted by molar-refractivity contribution is 6.02. The third-order valence-corrected chi connectivity index (χ3v) is 3.63. The standard InChI is InChI=1S/C18H20O7/c1-10-5-4-6-15(21)18-13(8-17(22)23-10)7-14(24-11(2)19)9-16(18)25-12(3)20/h7,9-10H,4-6,8H2,1-3H3. The van der Waals surface area contributed by atoms with Gasteiger partial charge in [0.2, 0.25) is 0 Å². The smallest absolute Gasteiger partial charge is 0.310 e. The maximum atomic E-state index is 12.6. The van der Waals surface area contributed by atoms with Crippen LogP contribution in [0.4, 0.5) is 0 Å². The Balaban J connectivity index is 2.56. The van der Waals surface area contributed by atoms with Gasteiger partial charge in [-0.2, -0.15) is 0 Å². The van der Waals surface area contributed by atoms with E-state index in [0.29, 0.717) is 18.4 Å². The molecule has 0 radical (unpaired) electrons. The van der Waals surface area contributed by atoms with Gasteiger partial charge in [0, 0.05) is 26.3 Å². The molecule has 25 heavy (non-hydrogen) atoms. The second-order valence-electron chi connectivity index (χ2n) is 5.94. The molecule has 0 N–H and O–H groups in total. The molecule has 1 aliphatic heterocycles. The normalized spacial score (nSPS) is 18.0. The lowest BCUT2D eigenvalue weighted by Crippen LogP contribution is -2.21. The quantitative estimate of drug-likeness (QED) is 0.598. The van der Waals surface area contributed by atoms with Gasteiger partial charge in [-0.3, -0.25) is 19.2 Å². The number of rotatable bonds is 2. The summed E-state index contributed by atoms with van der Waals surface area (Å²) in [5.74, 6) is -1.86. The highest BCUT2D eigenvalue weighted by Gasteiger charge is 2.25. The number of benzene rings is 1. The van der Waals surface area contributed by atoms with Crippen molar-refractivity contribution in [2.75, 3.05) is 0 Å². The average Bonchev–Trinajstić information content (AvgIpc) is 2.44. The number of esters is 3. The number of Topliss-reactive ketones (excluding diaryl/α,β-unsaturated/α-hetero) is 1. The zero-order valence-electron chi connectivity index (χ0n) is 14.4. The van der Waals surface area contributed by atoms with E-state index in [1.165, 1.54) is 26.0 Å². The van der Waals surface area contributed by atoms with Gasteiger partial charge in [0.1, 0.15) is 11.5 Å². The van der Waals surface area contributed by atoms with Crippen LogP contribution in [0.2, 0.25) is 0 Å². The molecule has 0 saturated heterocycles. The molecule has 1 heterocycles. The third-order valence-electron chi connectivity index (χ3n) is 3.63. The summed E-state index contributed by atoms with van der Waals surface area (Å²) < 4.78 is 15.5. The molecule has 7 heteroatoms. The van der Waals surface area contributed by atoms with Crippen LogP contribution in [0.3, 0.4) is 0 Å². The van der Waals surface area contributed by atoms with Crippen LogP contribution < -0.4 is 9.47 Å². The summed E-state index contributed by atoms with van der Waals surface area (Å²) in [6.07, 6.45) is 0.871. The maximum Gasteiger partial charge on any atom is 0.310 e. The molecule has 1 atom stereocenters. The fourth-order valence-corrected chi connectivity index (χ4v) is 2.72. The molecule has 1 aliphatic rings. The molecule has 0 spiro atoms. The van der Waals surface area contributed by atoms with E-state index in [4.69, 9.17) is 14.2 Å². The predicted molar refractivity (Wildman–Crippen MR) is 86.5 cm³/mol. The van der Waals surface area contributed by atoms with Crippen molar-refractivity contribution in [1.82, 2.24) is 0 Å². The molecule has 134 valence electrons. The first kappa shape index (κ1) is 18.6. The number of fused-ring (bicyclic) bond motifs is 1. The summed E-state index contributed by atoms with van der Waals surface area (Å²) in [7, 11) is 0. The maximum absolute atomic E-state index is 12.6. The monoisotopic (exact) mass is 348 g/mol. The first-order valence-corrected chi connectivity index (χ1v) is 8.02. The zero-order valence-corrected chi connectivity index (χ0v) is 14.4. The van der Waals surface area contributed by atoms with Crippen LogP contribution in [0.25, 0.3) is 0 Å². The zero-order chi connectivity index (χ0) is 18.6. The Morgan fingerprint density at radius 2 is 1.80 bits per heavy atom. The lowest BCUT2D eigenvalue weighted by Gasteiger charge is -2.19.